The van der Waals surface area contributed by atoms with Crippen LogP contribution in [0.25, 0.3) is 27.5 Å². The molecule has 0 bridgehead atoms. The van der Waals surface area contributed by atoms with Gasteiger partial charge in [0.05, 0.1) is 45.8 Å². The number of aromatic nitrogens is 2. The second-order valence-electron chi connectivity index (χ2n) is 6.65. The van der Waals surface area contributed by atoms with E-state index < -0.39 is 11.9 Å². The Morgan fingerprint density at radius 2 is 1.45 bits per heavy atom. The van der Waals surface area contributed by atoms with Crippen LogP contribution in [-0.2, 0) is 9.47 Å². The molecule has 0 atom stereocenters. The van der Waals surface area contributed by atoms with Gasteiger partial charge in [0.2, 0.25) is 0 Å². The summed E-state index contributed by atoms with van der Waals surface area (Å²) in [6.07, 6.45) is 1.64. The van der Waals surface area contributed by atoms with Gasteiger partial charge in [-0.2, -0.15) is 5.10 Å². The fourth-order valence-electron chi connectivity index (χ4n) is 3.72. The first-order valence-electron chi connectivity index (χ1n) is 9.37. The van der Waals surface area contributed by atoms with Gasteiger partial charge in [0.25, 0.3) is 0 Å². The minimum Gasteiger partial charge on any atom is -0.493 e. The summed E-state index contributed by atoms with van der Waals surface area (Å²) in [4.78, 5) is 25.8. The lowest BCUT2D eigenvalue weighted by atomic mass is 10.0. The van der Waals surface area contributed by atoms with E-state index in [1.165, 1.54) is 28.4 Å². The van der Waals surface area contributed by atoms with Crippen molar-refractivity contribution in [3.05, 3.63) is 59.8 Å². The van der Waals surface area contributed by atoms with E-state index in [0.29, 0.717) is 39.0 Å². The Morgan fingerprint density at radius 1 is 0.839 bits per heavy atom. The minimum atomic E-state index is -0.677. The average molecular weight is 420 g/mol. The van der Waals surface area contributed by atoms with Crippen LogP contribution < -0.4 is 9.47 Å². The SMILES string of the molecule is COC(=O)c1c(C(=O)OC)c2c3cc(OC)c(OC)cc3cnn2c1-c1ccccc1. The third-order valence-electron chi connectivity index (χ3n) is 5.10. The molecular weight excluding hydrogens is 400 g/mol. The maximum Gasteiger partial charge on any atom is 0.341 e. The van der Waals surface area contributed by atoms with Crippen molar-refractivity contribution in [3.63, 3.8) is 0 Å². The Kier molecular flexibility index (Phi) is 5.21. The summed E-state index contributed by atoms with van der Waals surface area (Å²) < 4.78 is 22.4. The molecule has 2 aromatic heterocycles. The highest BCUT2D eigenvalue weighted by Gasteiger charge is 2.32. The molecule has 0 unspecified atom stereocenters. The van der Waals surface area contributed by atoms with Gasteiger partial charge in [-0.3, -0.25) is 0 Å². The van der Waals surface area contributed by atoms with Gasteiger partial charge in [-0.25, -0.2) is 14.1 Å². The van der Waals surface area contributed by atoms with Crippen LogP contribution in [0.3, 0.4) is 0 Å². The summed E-state index contributed by atoms with van der Waals surface area (Å²) in [5, 5.41) is 5.87. The predicted octanol–water partition coefficient (Wildman–Crippen LogP) is 3.74. The summed E-state index contributed by atoms with van der Waals surface area (Å²) in [5.41, 5.74) is 1.68. The third-order valence-corrected chi connectivity index (χ3v) is 5.10. The van der Waals surface area contributed by atoms with Gasteiger partial charge in [0.1, 0.15) is 11.1 Å². The van der Waals surface area contributed by atoms with Gasteiger partial charge in [0, 0.05) is 16.3 Å². The second kappa shape index (κ2) is 7.98. The quantitative estimate of drug-likeness (QED) is 0.455. The normalized spacial score (nSPS) is 10.8. The molecule has 4 rings (SSSR count). The van der Waals surface area contributed by atoms with Gasteiger partial charge in [0.15, 0.2) is 11.5 Å². The summed E-state index contributed by atoms with van der Waals surface area (Å²) in [6, 6.07) is 12.7. The minimum absolute atomic E-state index is 0.0681. The summed E-state index contributed by atoms with van der Waals surface area (Å²) >= 11 is 0. The van der Waals surface area contributed by atoms with E-state index >= 15 is 0 Å². The van der Waals surface area contributed by atoms with Crippen LogP contribution in [-0.4, -0.2) is 50.0 Å². The number of esters is 2. The zero-order chi connectivity index (χ0) is 22.1. The molecule has 158 valence electrons. The highest BCUT2D eigenvalue weighted by Crippen LogP contribution is 2.39. The first-order chi connectivity index (χ1) is 15.0. The summed E-state index contributed by atoms with van der Waals surface area (Å²) in [5.74, 6) is -0.354. The molecule has 2 heterocycles. The van der Waals surface area contributed by atoms with Gasteiger partial charge in [-0.15, -0.1) is 0 Å². The van der Waals surface area contributed by atoms with Crippen LogP contribution in [0.1, 0.15) is 20.7 Å². The zero-order valence-corrected chi connectivity index (χ0v) is 17.5. The standard InChI is InChI=1S/C23H20N2O6/c1-28-16-10-14-12-24-25-20(13-8-6-5-7-9-13)18(22(26)30-3)19(23(27)31-4)21(25)15(14)11-17(16)29-2/h5-12H,1-4H3. The lowest BCUT2D eigenvalue weighted by Crippen LogP contribution is -2.10. The molecule has 0 N–H and O–H groups in total. The number of nitrogens with zero attached hydrogens (tertiary/aromatic N) is 2. The Labute approximate surface area is 177 Å². The number of hydrogen-bond acceptors (Lipinski definition) is 7. The van der Waals surface area contributed by atoms with Crippen molar-refractivity contribution >= 4 is 28.2 Å². The Balaban J connectivity index is 2.25. The highest BCUT2D eigenvalue weighted by molar-refractivity contribution is 6.17. The molecule has 0 aliphatic rings. The van der Waals surface area contributed by atoms with Crippen molar-refractivity contribution in [2.24, 2.45) is 0 Å². The van der Waals surface area contributed by atoms with Gasteiger partial charge in [-0.05, 0) is 12.1 Å². The predicted molar refractivity (Wildman–Crippen MR) is 114 cm³/mol. The molecule has 8 nitrogen and oxygen atoms in total. The van der Waals surface area contributed by atoms with E-state index in [4.69, 9.17) is 18.9 Å². The van der Waals surface area contributed by atoms with Crippen molar-refractivity contribution in [1.82, 2.24) is 9.61 Å². The number of methoxy groups -OCH3 is 4. The van der Waals surface area contributed by atoms with E-state index in [1.807, 2.05) is 30.3 Å². The molecule has 2 aromatic carbocycles. The maximum absolute atomic E-state index is 12.9. The van der Waals surface area contributed by atoms with Gasteiger partial charge < -0.3 is 18.9 Å². The van der Waals surface area contributed by atoms with Crippen LogP contribution in [0.15, 0.2) is 48.7 Å². The van der Waals surface area contributed by atoms with E-state index in [2.05, 4.69) is 5.10 Å². The number of carbonyl (C=O) groups is 2. The number of benzene rings is 2. The summed E-state index contributed by atoms with van der Waals surface area (Å²) in [6.45, 7) is 0. The monoisotopic (exact) mass is 420 g/mol. The highest BCUT2D eigenvalue weighted by atomic mass is 16.5. The first-order valence-corrected chi connectivity index (χ1v) is 9.37. The molecule has 0 fully saturated rings. The van der Waals surface area contributed by atoms with Gasteiger partial charge in [-0.1, -0.05) is 30.3 Å². The largest absolute Gasteiger partial charge is 0.493 e. The van der Waals surface area contributed by atoms with Gasteiger partial charge >= 0.3 is 11.9 Å². The molecule has 8 heteroatoms. The lowest BCUT2D eigenvalue weighted by Gasteiger charge is -2.11. The van der Waals surface area contributed by atoms with Crippen LogP contribution in [0.2, 0.25) is 0 Å². The van der Waals surface area contributed by atoms with E-state index in [-0.39, 0.29) is 11.1 Å². The molecule has 0 aliphatic carbocycles. The molecule has 0 aliphatic heterocycles. The molecule has 4 aromatic rings. The fraction of sp³-hybridized carbons (Fsp3) is 0.174. The molecule has 0 amide bonds. The maximum atomic E-state index is 12.9. The van der Waals surface area contributed by atoms with E-state index in [9.17, 15) is 9.59 Å². The molecule has 0 saturated heterocycles. The number of hydrogen-bond donors (Lipinski definition) is 0. The zero-order valence-electron chi connectivity index (χ0n) is 17.5. The Morgan fingerprint density at radius 3 is 2.06 bits per heavy atom. The number of fused-ring (bicyclic) bond motifs is 3. The number of rotatable bonds is 5. The van der Waals surface area contributed by atoms with Crippen LogP contribution in [0.4, 0.5) is 0 Å². The van der Waals surface area contributed by atoms with Crippen molar-refractivity contribution < 1.29 is 28.5 Å². The molecular formula is C23H20N2O6. The van der Waals surface area contributed by atoms with Crippen LogP contribution in [0, 0.1) is 0 Å². The second-order valence-corrected chi connectivity index (χ2v) is 6.65. The number of carbonyl (C=O) groups excluding carboxylic acids is 2. The smallest absolute Gasteiger partial charge is 0.341 e. The molecule has 0 spiro atoms. The van der Waals surface area contributed by atoms with Crippen molar-refractivity contribution in [1.29, 1.82) is 0 Å². The van der Waals surface area contributed by atoms with Crippen LogP contribution >= 0.6 is 0 Å². The Bertz CT molecular complexity index is 1310. The Hall–Kier alpha value is -4.07. The lowest BCUT2D eigenvalue weighted by molar-refractivity contribution is 0.0558. The fourth-order valence-corrected chi connectivity index (χ4v) is 3.72. The third kappa shape index (κ3) is 3.13. The van der Waals surface area contributed by atoms with E-state index in [1.54, 1.807) is 22.8 Å². The van der Waals surface area contributed by atoms with Crippen molar-refractivity contribution in [3.8, 4) is 22.8 Å². The van der Waals surface area contributed by atoms with Crippen molar-refractivity contribution in [2.75, 3.05) is 28.4 Å². The first kappa shape index (κ1) is 20.2. The summed E-state index contributed by atoms with van der Waals surface area (Å²) in [7, 11) is 5.59. The number of ether oxygens (including phenoxy) is 4. The topological polar surface area (TPSA) is 88.4 Å². The van der Waals surface area contributed by atoms with Crippen molar-refractivity contribution in [2.45, 2.75) is 0 Å². The molecule has 31 heavy (non-hydrogen) atoms. The van der Waals surface area contributed by atoms with E-state index in [0.717, 1.165) is 0 Å². The molecule has 0 radical (unpaired) electrons. The molecule has 0 saturated carbocycles. The van der Waals surface area contributed by atoms with Crippen LogP contribution in [0.5, 0.6) is 11.5 Å². The average Bonchev–Trinajstić information content (AvgIpc) is 3.18.